The van der Waals surface area contributed by atoms with Gasteiger partial charge in [0.15, 0.2) is 0 Å². The van der Waals surface area contributed by atoms with E-state index in [0.29, 0.717) is 17.9 Å². The third-order valence-electron chi connectivity index (χ3n) is 3.69. The predicted molar refractivity (Wildman–Crippen MR) is 58.6 cm³/mol. The van der Waals surface area contributed by atoms with Gasteiger partial charge < -0.3 is 0 Å². The van der Waals surface area contributed by atoms with Gasteiger partial charge in [0.25, 0.3) is 0 Å². The summed E-state index contributed by atoms with van der Waals surface area (Å²) in [6.45, 7) is 0.866. The Kier molecular flexibility index (Phi) is 2.44. The molecular weight excluding hydrogens is 202 g/mol. The Morgan fingerprint density at radius 3 is 2.69 bits per heavy atom. The van der Waals surface area contributed by atoms with E-state index >= 15 is 0 Å². The number of nitrogens with zero attached hydrogens (tertiary/aromatic N) is 3. The van der Waals surface area contributed by atoms with E-state index in [0.717, 1.165) is 25.1 Å². The number of hydrogen-bond acceptors (Lipinski definition) is 4. The molecule has 2 fully saturated rings. The topological polar surface area (TPSA) is 46.1 Å². The van der Waals surface area contributed by atoms with Crippen LogP contribution in [0.3, 0.4) is 0 Å². The van der Waals surface area contributed by atoms with Gasteiger partial charge in [-0.05, 0) is 18.9 Å². The Bertz CT molecular complexity index is 377. The van der Waals surface area contributed by atoms with Gasteiger partial charge in [0.1, 0.15) is 12.1 Å². The van der Waals surface area contributed by atoms with E-state index in [-0.39, 0.29) is 0 Å². The molecule has 0 radical (unpaired) electrons. The number of rotatable bonds is 2. The average molecular weight is 217 g/mol. The van der Waals surface area contributed by atoms with Crippen LogP contribution in [0.5, 0.6) is 0 Å². The minimum absolute atomic E-state index is 0.437. The second kappa shape index (κ2) is 3.94. The first-order chi connectivity index (χ1) is 7.83. The normalized spacial score (nSPS) is 29.6. The molecule has 2 aliphatic rings. The fourth-order valence-corrected chi connectivity index (χ4v) is 2.92. The molecule has 2 atom stereocenters. The van der Waals surface area contributed by atoms with Crippen molar-refractivity contribution in [3.8, 4) is 0 Å². The Hall–Kier alpha value is -1.29. The predicted octanol–water partition coefficient (Wildman–Crippen LogP) is 1.17. The maximum atomic E-state index is 11.5. The number of aromatic nitrogens is 2. The van der Waals surface area contributed by atoms with E-state index in [1.807, 2.05) is 6.07 Å². The largest absolute Gasteiger partial charge is 0.300 e. The minimum atomic E-state index is 0.437. The number of Topliss-reactive ketones (excluding diaryl/α,β-unsaturated/α-hetero) is 1. The molecule has 0 saturated carbocycles. The maximum absolute atomic E-state index is 11.5. The monoisotopic (exact) mass is 217 g/mol. The Balaban J connectivity index is 1.75. The van der Waals surface area contributed by atoms with Gasteiger partial charge in [-0.25, -0.2) is 9.97 Å². The second-order valence-corrected chi connectivity index (χ2v) is 4.70. The van der Waals surface area contributed by atoms with Gasteiger partial charge in [0.2, 0.25) is 0 Å². The molecule has 16 heavy (non-hydrogen) atoms. The first-order valence-electron chi connectivity index (χ1n) is 5.85. The molecule has 2 unspecified atom stereocenters. The summed E-state index contributed by atoms with van der Waals surface area (Å²) in [7, 11) is 0. The number of fused-ring (bicyclic) bond motifs is 2. The molecule has 3 heterocycles. The van der Waals surface area contributed by atoms with E-state index in [1.54, 1.807) is 12.5 Å². The van der Waals surface area contributed by atoms with Gasteiger partial charge in [-0.15, -0.1) is 0 Å². The van der Waals surface area contributed by atoms with Crippen molar-refractivity contribution in [3.63, 3.8) is 0 Å². The first kappa shape index (κ1) is 9.90. The highest BCUT2D eigenvalue weighted by molar-refractivity contribution is 5.80. The van der Waals surface area contributed by atoms with Crippen molar-refractivity contribution in [3.05, 3.63) is 24.3 Å². The summed E-state index contributed by atoms with van der Waals surface area (Å²) < 4.78 is 0. The van der Waals surface area contributed by atoms with Gasteiger partial charge in [-0.2, -0.15) is 0 Å². The van der Waals surface area contributed by atoms with Crippen LogP contribution in [0.1, 0.15) is 31.4 Å². The van der Waals surface area contributed by atoms with E-state index in [9.17, 15) is 4.79 Å². The molecule has 2 saturated heterocycles. The quantitative estimate of drug-likeness (QED) is 0.746. The third-order valence-corrected chi connectivity index (χ3v) is 3.69. The molecule has 2 aliphatic heterocycles. The lowest BCUT2D eigenvalue weighted by Crippen LogP contribution is -2.42. The van der Waals surface area contributed by atoms with Crippen LogP contribution in [0.25, 0.3) is 0 Å². The van der Waals surface area contributed by atoms with Crippen LogP contribution in [-0.4, -0.2) is 32.7 Å². The van der Waals surface area contributed by atoms with Gasteiger partial charge in [-0.3, -0.25) is 9.69 Å². The maximum Gasteiger partial charge on any atom is 0.136 e. The van der Waals surface area contributed by atoms with Gasteiger partial charge in [-0.1, -0.05) is 0 Å². The zero-order valence-electron chi connectivity index (χ0n) is 9.17. The van der Waals surface area contributed by atoms with Crippen molar-refractivity contribution in [2.24, 2.45) is 0 Å². The molecule has 4 nitrogen and oxygen atoms in total. The molecule has 1 aromatic rings. The lowest BCUT2D eigenvalue weighted by molar-refractivity contribution is -0.123. The molecule has 0 aliphatic carbocycles. The van der Waals surface area contributed by atoms with Crippen molar-refractivity contribution < 1.29 is 4.79 Å². The minimum Gasteiger partial charge on any atom is -0.300 e. The second-order valence-electron chi connectivity index (χ2n) is 4.70. The highest BCUT2D eigenvalue weighted by Crippen LogP contribution is 2.34. The van der Waals surface area contributed by atoms with Crippen molar-refractivity contribution in [2.45, 2.75) is 44.3 Å². The van der Waals surface area contributed by atoms with Crippen LogP contribution in [0, 0.1) is 0 Å². The number of carbonyl (C=O) groups is 1. The molecule has 2 bridgehead atoms. The number of carbonyl (C=O) groups excluding carboxylic acids is 1. The standard InChI is InChI=1S/C12H15N3O/c16-12-5-10-1-2-11(6-12)15(10)7-9-3-4-13-8-14-9/h3-4,8,10-11H,1-2,5-7H2. The van der Waals surface area contributed by atoms with Crippen molar-refractivity contribution >= 4 is 5.78 Å². The summed E-state index contributed by atoms with van der Waals surface area (Å²) in [6, 6.07) is 2.87. The van der Waals surface area contributed by atoms with Crippen LogP contribution in [-0.2, 0) is 11.3 Å². The van der Waals surface area contributed by atoms with Crippen LogP contribution in [0.2, 0.25) is 0 Å². The summed E-state index contributed by atoms with van der Waals surface area (Å²) in [5.74, 6) is 0.437. The van der Waals surface area contributed by atoms with Crippen molar-refractivity contribution in [1.82, 2.24) is 14.9 Å². The van der Waals surface area contributed by atoms with E-state index < -0.39 is 0 Å². The van der Waals surface area contributed by atoms with Crippen LogP contribution >= 0.6 is 0 Å². The molecule has 3 rings (SSSR count). The van der Waals surface area contributed by atoms with Crippen LogP contribution in [0.15, 0.2) is 18.6 Å². The Labute approximate surface area is 94.7 Å². The summed E-state index contributed by atoms with van der Waals surface area (Å²) in [6.07, 6.45) is 7.18. The number of piperidine rings is 1. The molecule has 0 amide bonds. The van der Waals surface area contributed by atoms with E-state index in [1.165, 1.54) is 12.8 Å². The molecule has 0 spiro atoms. The van der Waals surface area contributed by atoms with Crippen molar-refractivity contribution in [2.75, 3.05) is 0 Å². The van der Waals surface area contributed by atoms with Gasteiger partial charge in [0, 0.05) is 37.7 Å². The first-order valence-corrected chi connectivity index (χ1v) is 5.85. The molecular formula is C12H15N3O. The Morgan fingerprint density at radius 1 is 1.31 bits per heavy atom. The smallest absolute Gasteiger partial charge is 0.136 e. The average Bonchev–Trinajstić information content (AvgIpc) is 2.54. The SMILES string of the molecule is O=C1CC2CCC(C1)N2Cc1ccncn1. The summed E-state index contributed by atoms with van der Waals surface area (Å²) in [5, 5.41) is 0. The Morgan fingerprint density at radius 2 is 2.06 bits per heavy atom. The fourth-order valence-electron chi connectivity index (χ4n) is 2.92. The highest BCUT2D eigenvalue weighted by Gasteiger charge is 2.39. The zero-order chi connectivity index (χ0) is 11.0. The fraction of sp³-hybridized carbons (Fsp3) is 0.583. The molecule has 4 heteroatoms. The number of ketones is 1. The van der Waals surface area contributed by atoms with Crippen LogP contribution < -0.4 is 0 Å². The zero-order valence-corrected chi connectivity index (χ0v) is 9.17. The lowest BCUT2D eigenvalue weighted by atomic mass is 10.0. The van der Waals surface area contributed by atoms with E-state index in [2.05, 4.69) is 14.9 Å². The number of hydrogen-bond donors (Lipinski definition) is 0. The van der Waals surface area contributed by atoms with Crippen LogP contribution in [0.4, 0.5) is 0 Å². The summed E-state index contributed by atoms with van der Waals surface area (Å²) in [4.78, 5) is 22.1. The van der Waals surface area contributed by atoms with Crippen molar-refractivity contribution in [1.29, 1.82) is 0 Å². The summed E-state index contributed by atoms with van der Waals surface area (Å²) >= 11 is 0. The molecule has 1 aromatic heterocycles. The molecule has 84 valence electrons. The third kappa shape index (κ3) is 1.73. The molecule has 0 aromatic carbocycles. The van der Waals surface area contributed by atoms with E-state index in [4.69, 9.17) is 0 Å². The van der Waals surface area contributed by atoms with Gasteiger partial charge >= 0.3 is 0 Å². The summed E-state index contributed by atoms with van der Waals surface area (Å²) in [5.41, 5.74) is 1.06. The van der Waals surface area contributed by atoms with Gasteiger partial charge in [0.05, 0.1) is 5.69 Å². The highest BCUT2D eigenvalue weighted by atomic mass is 16.1. The lowest BCUT2D eigenvalue weighted by Gasteiger charge is -2.33. The molecule has 0 N–H and O–H groups in total.